The quantitative estimate of drug-likeness (QED) is 0.857. The summed E-state index contributed by atoms with van der Waals surface area (Å²) < 4.78 is 24.8. The molecule has 2 fully saturated rings. The van der Waals surface area contributed by atoms with Crippen LogP contribution in [0.1, 0.15) is 23.9 Å². The minimum atomic E-state index is -0.435. The van der Waals surface area contributed by atoms with Crippen LogP contribution in [0.3, 0.4) is 0 Å². The number of likely N-dealkylation sites (tertiary alicyclic amines) is 1. The van der Waals surface area contributed by atoms with Crippen LogP contribution in [-0.4, -0.2) is 61.1 Å². The van der Waals surface area contributed by atoms with Gasteiger partial charge in [-0.2, -0.15) is 0 Å². The van der Waals surface area contributed by atoms with Crippen LogP contribution in [0.4, 0.5) is 4.39 Å². The van der Waals surface area contributed by atoms with E-state index in [0.29, 0.717) is 23.9 Å². The van der Waals surface area contributed by atoms with E-state index in [2.05, 4.69) is 11.8 Å². The molecule has 0 saturated carbocycles. The number of halogens is 1. The molecule has 2 aromatic rings. The second-order valence-corrected chi connectivity index (χ2v) is 6.86. The van der Waals surface area contributed by atoms with Gasteiger partial charge >= 0.3 is 0 Å². The van der Waals surface area contributed by atoms with Crippen molar-refractivity contribution in [1.82, 2.24) is 9.80 Å². The molecule has 0 spiro atoms. The first-order valence-electron chi connectivity index (χ1n) is 8.96. The van der Waals surface area contributed by atoms with Crippen LogP contribution in [0, 0.1) is 11.7 Å². The first kappa shape index (κ1) is 16.5. The molecule has 6 heteroatoms. The lowest BCUT2D eigenvalue weighted by molar-refractivity contribution is 0.0102. The number of furan rings is 1. The zero-order chi connectivity index (χ0) is 17.4. The Bertz CT molecular complexity index is 769. The molecule has 0 unspecified atom stereocenters. The molecule has 0 N–H and O–H groups in total. The van der Waals surface area contributed by atoms with Gasteiger partial charge in [0.05, 0.1) is 13.2 Å². The van der Waals surface area contributed by atoms with E-state index in [1.807, 2.05) is 4.90 Å². The fraction of sp³-hybridized carbons (Fsp3) is 0.526. The van der Waals surface area contributed by atoms with Crippen molar-refractivity contribution < 1.29 is 18.3 Å². The smallest absolute Gasteiger partial charge is 0.289 e. The number of para-hydroxylation sites is 1. The van der Waals surface area contributed by atoms with Gasteiger partial charge in [-0.05, 0) is 18.1 Å². The van der Waals surface area contributed by atoms with E-state index in [9.17, 15) is 9.18 Å². The zero-order valence-corrected chi connectivity index (χ0v) is 14.4. The highest BCUT2D eigenvalue weighted by Gasteiger charge is 2.39. The number of amides is 1. The van der Waals surface area contributed by atoms with Crippen molar-refractivity contribution in [2.75, 3.05) is 39.4 Å². The van der Waals surface area contributed by atoms with Crippen molar-refractivity contribution in [3.8, 4) is 0 Å². The number of rotatable bonds is 3. The van der Waals surface area contributed by atoms with Crippen molar-refractivity contribution in [1.29, 1.82) is 0 Å². The summed E-state index contributed by atoms with van der Waals surface area (Å²) in [4.78, 5) is 17.2. The summed E-state index contributed by atoms with van der Waals surface area (Å²) in [6.07, 6.45) is 1.03. The lowest BCUT2D eigenvalue weighted by atomic mass is 9.99. The van der Waals surface area contributed by atoms with Crippen LogP contribution >= 0.6 is 0 Å². The Hall–Kier alpha value is -1.92. The Labute approximate surface area is 146 Å². The second-order valence-electron chi connectivity index (χ2n) is 6.86. The molecule has 2 saturated heterocycles. The molecule has 2 aliphatic heterocycles. The Morgan fingerprint density at radius 2 is 2.08 bits per heavy atom. The Balaban J connectivity index is 1.54. The number of ether oxygens (including phenoxy) is 1. The lowest BCUT2D eigenvalue weighted by Crippen LogP contribution is -2.47. The molecule has 0 bridgehead atoms. The summed E-state index contributed by atoms with van der Waals surface area (Å²) >= 11 is 0. The van der Waals surface area contributed by atoms with E-state index in [1.165, 1.54) is 6.07 Å². The maximum Gasteiger partial charge on any atom is 0.289 e. The highest BCUT2D eigenvalue weighted by atomic mass is 19.1. The minimum absolute atomic E-state index is 0.148. The molecule has 1 aromatic carbocycles. The standard InChI is InChI=1S/C19H23FN2O3/c1-2-13-11-22(12-16(13)21-6-8-24-9-7-21)19(23)17-10-14-4-3-5-15(20)18(14)25-17/h3-5,10,13,16H,2,6-9,11-12H2,1H3/t13-,16-/m0/s1. The minimum Gasteiger partial charge on any atom is -0.448 e. The summed E-state index contributed by atoms with van der Waals surface area (Å²) in [5.74, 6) is 0.0844. The number of carbonyl (C=O) groups is 1. The molecule has 1 amide bonds. The Kier molecular flexibility index (Phi) is 4.48. The van der Waals surface area contributed by atoms with Gasteiger partial charge < -0.3 is 14.1 Å². The molecule has 4 rings (SSSR count). The maximum atomic E-state index is 13.8. The average molecular weight is 346 g/mol. The highest BCUT2D eigenvalue weighted by molar-refractivity contribution is 5.96. The number of carbonyl (C=O) groups excluding carboxylic acids is 1. The van der Waals surface area contributed by atoms with E-state index in [0.717, 1.165) is 39.3 Å². The number of hydrogen-bond acceptors (Lipinski definition) is 4. The van der Waals surface area contributed by atoms with Crippen molar-refractivity contribution in [2.45, 2.75) is 19.4 Å². The summed E-state index contributed by atoms with van der Waals surface area (Å²) in [5, 5.41) is 0.624. The van der Waals surface area contributed by atoms with E-state index in [-0.39, 0.29) is 17.3 Å². The molecular formula is C19H23FN2O3. The maximum absolute atomic E-state index is 13.8. The van der Waals surface area contributed by atoms with Gasteiger partial charge in [0.1, 0.15) is 0 Å². The second kappa shape index (κ2) is 6.77. The topological polar surface area (TPSA) is 45.9 Å². The van der Waals surface area contributed by atoms with Gasteiger partial charge in [0.25, 0.3) is 5.91 Å². The molecular weight excluding hydrogens is 323 g/mol. The van der Waals surface area contributed by atoms with Gasteiger partial charge in [-0.3, -0.25) is 9.69 Å². The zero-order valence-electron chi connectivity index (χ0n) is 14.4. The molecule has 25 heavy (non-hydrogen) atoms. The van der Waals surface area contributed by atoms with Crippen molar-refractivity contribution >= 4 is 16.9 Å². The Morgan fingerprint density at radius 1 is 1.28 bits per heavy atom. The van der Waals surface area contributed by atoms with Crippen molar-refractivity contribution in [3.05, 3.63) is 35.8 Å². The lowest BCUT2D eigenvalue weighted by Gasteiger charge is -2.34. The fourth-order valence-corrected chi connectivity index (χ4v) is 4.03. The van der Waals surface area contributed by atoms with E-state index in [1.54, 1.807) is 18.2 Å². The predicted molar refractivity (Wildman–Crippen MR) is 92.0 cm³/mol. The van der Waals surface area contributed by atoms with Crippen LogP contribution < -0.4 is 0 Å². The summed E-state index contributed by atoms with van der Waals surface area (Å²) in [6.45, 7) is 6.92. The van der Waals surface area contributed by atoms with Crippen LogP contribution in [0.25, 0.3) is 11.0 Å². The van der Waals surface area contributed by atoms with E-state index < -0.39 is 5.82 Å². The summed E-state index contributed by atoms with van der Waals surface area (Å²) in [6, 6.07) is 6.73. The van der Waals surface area contributed by atoms with E-state index >= 15 is 0 Å². The molecule has 5 nitrogen and oxygen atoms in total. The predicted octanol–water partition coefficient (Wildman–Crippen LogP) is 2.75. The van der Waals surface area contributed by atoms with Gasteiger partial charge in [0.2, 0.25) is 0 Å². The summed E-state index contributed by atoms with van der Waals surface area (Å²) in [7, 11) is 0. The third-order valence-corrected chi connectivity index (χ3v) is 5.44. The average Bonchev–Trinajstić information content (AvgIpc) is 3.27. The van der Waals surface area contributed by atoms with Crippen LogP contribution in [0.2, 0.25) is 0 Å². The van der Waals surface area contributed by atoms with Crippen LogP contribution in [0.15, 0.2) is 28.7 Å². The van der Waals surface area contributed by atoms with Crippen LogP contribution in [0.5, 0.6) is 0 Å². The number of nitrogens with zero attached hydrogens (tertiary/aromatic N) is 2. The largest absolute Gasteiger partial charge is 0.448 e. The molecule has 0 aliphatic carbocycles. The van der Waals surface area contributed by atoms with Crippen molar-refractivity contribution in [2.24, 2.45) is 5.92 Å². The molecule has 3 heterocycles. The normalized spacial score (nSPS) is 25.0. The number of morpholine rings is 1. The summed E-state index contributed by atoms with van der Waals surface area (Å²) in [5.41, 5.74) is 0.154. The third kappa shape index (κ3) is 3.04. The molecule has 1 aromatic heterocycles. The molecule has 2 aliphatic rings. The first-order chi connectivity index (χ1) is 12.2. The molecule has 134 valence electrons. The fourth-order valence-electron chi connectivity index (χ4n) is 4.03. The Morgan fingerprint density at radius 3 is 2.80 bits per heavy atom. The number of fused-ring (bicyclic) bond motifs is 1. The first-order valence-corrected chi connectivity index (χ1v) is 8.96. The van der Waals surface area contributed by atoms with Gasteiger partial charge in [0, 0.05) is 37.6 Å². The molecule has 2 atom stereocenters. The monoisotopic (exact) mass is 346 g/mol. The van der Waals surface area contributed by atoms with Gasteiger partial charge in [-0.1, -0.05) is 25.5 Å². The SMILES string of the molecule is CC[C@H]1CN(C(=O)c2cc3cccc(F)c3o2)C[C@@H]1N1CCOCC1. The third-order valence-electron chi connectivity index (χ3n) is 5.44. The van der Waals surface area contributed by atoms with Gasteiger partial charge in [0.15, 0.2) is 17.2 Å². The van der Waals surface area contributed by atoms with E-state index in [4.69, 9.17) is 9.15 Å². The molecule has 0 radical (unpaired) electrons. The van der Waals surface area contributed by atoms with Gasteiger partial charge in [-0.15, -0.1) is 0 Å². The highest BCUT2D eigenvalue weighted by Crippen LogP contribution is 2.29. The van der Waals surface area contributed by atoms with Gasteiger partial charge in [-0.25, -0.2) is 4.39 Å². The number of hydrogen-bond donors (Lipinski definition) is 0. The van der Waals surface area contributed by atoms with Crippen LogP contribution in [-0.2, 0) is 4.74 Å². The number of benzene rings is 1. The van der Waals surface area contributed by atoms with Crippen molar-refractivity contribution in [3.63, 3.8) is 0 Å².